The fourth-order valence-corrected chi connectivity index (χ4v) is 5.70. The van der Waals surface area contributed by atoms with E-state index in [0.717, 1.165) is 30.9 Å². The molecule has 22 heavy (non-hydrogen) atoms. The third-order valence-electron chi connectivity index (χ3n) is 6.37. The van der Waals surface area contributed by atoms with Crippen LogP contribution in [0.25, 0.3) is 0 Å². The first-order valence-electron chi connectivity index (χ1n) is 8.96. The number of carbonyl (C=O) groups is 1. The van der Waals surface area contributed by atoms with Crippen molar-refractivity contribution in [2.24, 2.45) is 17.8 Å². The zero-order valence-electron chi connectivity index (χ0n) is 13.6. The highest BCUT2D eigenvalue weighted by atomic mass is 16.5. The van der Waals surface area contributed by atoms with Gasteiger partial charge in [0.05, 0.1) is 12.8 Å². The van der Waals surface area contributed by atoms with Crippen molar-refractivity contribution in [1.29, 1.82) is 0 Å². The van der Waals surface area contributed by atoms with Crippen LogP contribution in [0.4, 0.5) is 0 Å². The molecule has 1 aliphatic carbocycles. The average Bonchev–Trinajstić information content (AvgIpc) is 2.55. The summed E-state index contributed by atoms with van der Waals surface area (Å²) in [5, 5.41) is 0. The second kappa shape index (κ2) is 6.06. The van der Waals surface area contributed by atoms with Gasteiger partial charge in [0.2, 0.25) is 0 Å². The molecule has 3 aliphatic heterocycles. The van der Waals surface area contributed by atoms with Gasteiger partial charge in [0.25, 0.3) is 0 Å². The molecule has 0 amide bonds. The molecule has 1 saturated carbocycles. The maximum Gasteiger partial charge on any atom is 0.147 e. The summed E-state index contributed by atoms with van der Waals surface area (Å²) in [6.07, 6.45) is 10.4. The molecule has 4 aliphatic rings. The van der Waals surface area contributed by atoms with Gasteiger partial charge in [-0.05, 0) is 44.1 Å². The van der Waals surface area contributed by atoms with Crippen molar-refractivity contribution in [3.63, 3.8) is 0 Å². The molecule has 0 unspecified atom stereocenters. The van der Waals surface area contributed by atoms with Crippen molar-refractivity contribution in [3.8, 4) is 0 Å². The van der Waals surface area contributed by atoms with Crippen LogP contribution in [0.1, 0.15) is 32.1 Å². The number of rotatable bonds is 3. The molecule has 0 aromatic carbocycles. The molecule has 0 radical (unpaired) electrons. The van der Waals surface area contributed by atoms with Crippen molar-refractivity contribution >= 4 is 6.29 Å². The summed E-state index contributed by atoms with van der Waals surface area (Å²) in [4.78, 5) is 16.8. The summed E-state index contributed by atoms with van der Waals surface area (Å²) in [7, 11) is 1.82. The zero-order valence-corrected chi connectivity index (χ0v) is 13.6. The van der Waals surface area contributed by atoms with Gasteiger partial charge in [0.15, 0.2) is 0 Å². The van der Waals surface area contributed by atoms with Crippen LogP contribution < -0.4 is 0 Å². The van der Waals surface area contributed by atoms with Crippen LogP contribution in [0, 0.1) is 17.8 Å². The Morgan fingerprint density at radius 1 is 1.32 bits per heavy atom. The number of aldehydes is 1. The molecule has 122 valence electrons. The first-order valence-corrected chi connectivity index (χ1v) is 8.96. The molecule has 4 heteroatoms. The Labute approximate surface area is 133 Å². The first kappa shape index (κ1) is 14.9. The van der Waals surface area contributed by atoms with Gasteiger partial charge in [-0.1, -0.05) is 12.5 Å². The molecule has 0 aromatic heterocycles. The van der Waals surface area contributed by atoms with E-state index in [-0.39, 0.29) is 0 Å². The molecule has 3 fully saturated rings. The van der Waals surface area contributed by atoms with Crippen LogP contribution in [0.3, 0.4) is 0 Å². The van der Waals surface area contributed by atoms with Crippen molar-refractivity contribution in [2.45, 2.75) is 44.3 Å². The number of hydrogen-bond donors (Lipinski definition) is 0. The van der Waals surface area contributed by atoms with Gasteiger partial charge in [-0.3, -0.25) is 14.6 Å². The second-order valence-electron chi connectivity index (χ2n) is 7.64. The van der Waals surface area contributed by atoms with Gasteiger partial charge < -0.3 is 4.74 Å². The quantitative estimate of drug-likeness (QED) is 0.746. The van der Waals surface area contributed by atoms with Crippen molar-refractivity contribution in [3.05, 3.63) is 11.6 Å². The highest BCUT2D eigenvalue weighted by Gasteiger charge is 2.50. The number of nitrogens with zero attached hydrogens (tertiary/aromatic N) is 2. The highest BCUT2D eigenvalue weighted by Crippen LogP contribution is 2.45. The molecule has 0 bridgehead atoms. The molecule has 3 heterocycles. The molecular weight excluding hydrogens is 276 g/mol. The molecule has 5 atom stereocenters. The standard InChI is InChI=1S/C18H28N2O2/c1-22-12-16-6-3-7-19-10-15-5-2-4-14-8-13(11-21)9-20(17(14)15)18(16)19/h8,11,14-18H,2-7,9-10,12H2,1H3/t14-,15-,16-,17+,18-/m0/s1. The van der Waals surface area contributed by atoms with Crippen LogP contribution in [0.5, 0.6) is 0 Å². The molecule has 0 aromatic rings. The summed E-state index contributed by atoms with van der Waals surface area (Å²) < 4.78 is 5.52. The number of carbonyl (C=O) groups excluding carboxylic acids is 1. The number of ether oxygens (including phenoxy) is 1. The van der Waals surface area contributed by atoms with Gasteiger partial charge >= 0.3 is 0 Å². The summed E-state index contributed by atoms with van der Waals surface area (Å²) in [5.41, 5.74) is 1.01. The maximum absolute atomic E-state index is 11.4. The Morgan fingerprint density at radius 3 is 3.05 bits per heavy atom. The van der Waals surface area contributed by atoms with Crippen molar-refractivity contribution < 1.29 is 9.53 Å². The van der Waals surface area contributed by atoms with E-state index >= 15 is 0 Å². The Kier molecular flexibility index (Phi) is 4.09. The second-order valence-corrected chi connectivity index (χ2v) is 7.64. The van der Waals surface area contributed by atoms with Gasteiger partial charge in [-0.25, -0.2) is 0 Å². The molecular formula is C18H28N2O2. The van der Waals surface area contributed by atoms with Crippen LogP contribution in [0.2, 0.25) is 0 Å². The van der Waals surface area contributed by atoms with E-state index in [2.05, 4.69) is 15.9 Å². The minimum Gasteiger partial charge on any atom is -0.384 e. The predicted octanol–water partition coefficient (Wildman–Crippen LogP) is 1.91. The lowest BCUT2D eigenvalue weighted by atomic mass is 9.70. The van der Waals surface area contributed by atoms with E-state index in [9.17, 15) is 4.79 Å². The third-order valence-corrected chi connectivity index (χ3v) is 6.37. The fourth-order valence-electron chi connectivity index (χ4n) is 5.70. The molecule has 2 saturated heterocycles. The lowest BCUT2D eigenvalue weighted by Crippen LogP contribution is -2.69. The topological polar surface area (TPSA) is 32.8 Å². The van der Waals surface area contributed by atoms with E-state index in [1.165, 1.54) is 45.2 Å². The van der Waals surface area contributed by atoms with Crippen molar-refractivity contribution in [1.82, 2.24) is 9.80 Å². The monoisotopic (exact) mass is 304 g/mol. The third kappa shape index (κ3) is 2.36. The number of hydrogen-bond acceptors (Lipinski definition) is 4. The molecule has 4 rings (SSSR count). The smallest absolute Gasteiger partial charge is 0.147 e. The average molecular weight is 304 g/mol. The molecule has 4 nitrogen and oxygen atoms in total. The maximum atomic E-state index is 11.4. The highest BCUT2D eigenvalue weighted by molar-refractivity contribution is 5.74. The summed E-state index contributed by atoms with van der Waals surface area (Å²) in [6.45, 7) is 4.17. The van der Waals surface area contributed by atoms with E-state index in [1.54, 1.807) is 0 Å². The minimum absolute atomic E-state index is 0.485. The van der Waals surface area contributed by atoms with E-state index in [4.69, 9.17) is 4.74 Å². The molecule has 0 spiro atoms. The fraction of sp³-hybridized carbons (Fsp3) is 0.833. The molecule has 0 N–H and O–H groups in total. The summed E-state index contributed by atoms with van der Waals surface area (Å²) in [6, 6.07) is 0.663. The Hall–Kier alpha value is -0.710. The lowest BCUT2D eigenvalue weighted by Gasteiger charge is -2.60. The minimum atomic E-state index is 0.485. The largest absolute Gasteiger partial charge is 0.384 e. The summed E-state index contributed by atoms with van der Waals surface area (Å²) >= 11 is 0. The number of fused-ring (bicyclic) bond motifs is 2. The predicted molar refractivity (Wildman–Crippen MR) is 85.4 cm³/mol. The van der Waals surface area contributed by atoms with E-state index < -0.39 is 0 Å². The number of methoxy groups -OCH3 is 1. The normalized spacial score (nSPS) is 42.2. The van der Waals surface area contributed by atoms with E-state index in [1.807, 2.05) is 7.11 Å². The van der Waals surface area contributed by atoms with Crippen molar-refractivity contribution in [2.75, 3.05) is 33.4 Å². The van der Waals surface area contributed by atoms with Gasteiger partial charge in [-0.15, -0.1) is 0 Å². The first-order chi connectivity index (χ1) is 10.8. The van der Waals surface area contributed by atoms with E-state index in [0.29, 0.717) is 24.0 Å². The van der Waals surface area contributed by atoms with Gasteiger partial charge in [-0.2, -0.15) is 0 Å². The SMILES string of the molecule is COC[C@@H]1CCCN2C[C@@H]3CCC[C@H]4C=C(C=O)CN([C@@H]34)[C@@H]12. The Bertz CT molecular complexity index is 462. The Morgan fingerprint density at radius 2 is 2.23 bits per heavy atom. The van der Waals surface area contributed by atoms with Gasteiger partial charge in [0, 0.05) is 37.7 Å². The van der Waals surface area contributed by atoms with Crippen LogP contribution in [-0.2, 0) is 9.53 Å². The Balaban J connectivity index is 1.67. The van der Waals surface area contributed by atoms with Crippen LogP contribution in [0.15, 0.2) is 11.6 Å². The van der Waals surface area contributed by atoms with Gasteiger partial charge in [0.1, 0.15) is 6.29 Å². The lowest BCUT2D eigenvalue weighted by molar-refractivity contribution is -0.140. The number of piperidine rings is 1. The summed E-state index contributed by atoms with van der Waals surface area (Å²) in [5.74, 6) is 1.98. The zero-order chi connectivity index (χ0) is 15.1. The van der Waals surface area contributed by atoms with Crippen LogP contribution >= 0.6 is 0 Å². The van der Waals surface area contributed by atoms with Crippen LogP contribution in [-0.4, -0.2) is 61.6 Å².